The summed E-state index contributed by atoms with van der Waals surface area (Å²) in [5.41, 5.74) is 3.27. The lowest BCUT2D eigenvalue weighted by atomic mass is 10.2. The van der Waals surface area contributed by atoms with Gasteiger partial charge in [-0.1, -0.05) is 13.5 Å². The number of esters is 1. The summed E-state index contributed by atoms with van der Waals surface area (Å²) in [5, 5.41) is 0. The Hall–Kier alpha value is -2.30. The van der Waals surface area contributed by atoms with Crippen molar-refractivity contribution in [1.82, 2.24) is 9.97 Å². The molecule has 1 aromatic carbocycles. The molecule has 0 saturated carbocycles. The Morgan fingerprint density at radius 2 is 2.19 bits per heavy atom. The molecule has 0 aliphatic heterocycles. The molecule has 0 saturated heterocycles. The number of imidazole rings is 1. The molecule has 1 unspecified atom stereocenters. The number of ether oxygens (including phenoxy) is 1. The summed E-state index contributed by atoms with van der Waals surface area (Å²) < 4.78 is 5.41. The van der Waals surface area contributed by atoms with Gasteiger partial charge in [0, 0.05) is 25.4 Å². The first-order chi connectivity index (χ1) is 9.92. The van der Waals surface area contributed by atoms with Crippen molar-refractivity contribution in [3.05, 3.63) is 36.2 Å². The van der Waals surface area contributed by atoms with Gasteiger partial charge < -0.3 is 14.6 Å². The van der Waals surface area contributed by atoms with E-state index in [1.54, 1.807) is 6.92 Å². The number of H-pyrrole nitrogens is 1. The van der Waals surface area contributed by atoms with Gasteiger partial charge in [0.2, 0.25) is 0 Å². The van der Waals surface area contributed by atoms with E-state index in [9.17, 15) is 4.79 Å². The Morgan fingerprint density at radius 1 is 1.48 bits per heavy atom. The van der Waals surface area contributed by atoms with Crippen LogP contribution in [0, 0.1) is 0 Å². The second-order valence-electron chi connectivity index (χ2n) is 5.30. The summed E-state index contributed by atoms with van der Waals surface area (Å²) in [6.07, 6.45) is 0.267. The molecule has 5 nitrogen and oxygen atoms in total. The van der Waals surface area contributed by atoms with Gasteiger partial charge in [0.15, 0.2) is 6.10 Å². The lowest BCUT2D eigenvalue weighted by Crippen LogP contribution is -2.12. The van der Waals surface area contributed by atoms with Crippen molar-refractivity contribution in [2.75, 3.05) is 19.0 Å². The van der Waals surface area contributed by atoms with E-state index >= 15 is 0 Å². The number of hydrogen-bond donors (Lipinski definition) is 1. The average molecular weight is 287 g/mol. The summed E-state index contributed by atoms with van der Waals surface area (Å²) in [6.45, 7) is 7.19. The van der Waals surface area contributed by atoms with E-state index in [2.05, 4.69) is 16.5 Å². The van der Waals surface area contributed by atoms with Gasteiger partial charge >= 0.3 is 5.97 Å². The van der Waals surface area contributed by atoms with Gasteiger partial charge in [-0.15, -0.1) is 0 Å². The molecule has 5 heteroatoms. The van der Waals surface area contributed by atoms with Crippen LogP contribution in [0.5, 0.6) is 0 Å². The molecule has 0 aliphatic carbocycles. The third-order valence-corrected chi connectivity index (χ3v) is 3.27. The maximum Gasteiger partial charge on any atom is 0.333 e. The summed E-state index contributed by atoms with van der Waals surface area (Å²) >= 11 is 0. The first-order valence-corrected chi connectivity index (χ1v) is 6.95. The number of benzene rings is 1. The molecule has 0 spiro atoms. The molecule has 1 aromatic heterocycles. The topological polar surface area (TPSA) is 58.2 Å². The fourth-order valence-corrected chi connectivity index (χ4v) is 2.01. The molecule has 112 valence electrons. The van der Waals surface area contributed by atoms with E-state index in [0.717, 1.165) is 16.7 Å². The zero-order valence-electron chi connectivity index (χ0n) is 12.9. The minimum Gasteiger partial charge on any atom is -0.451 e. The van der Waals surface area contributed by atoms with Gasteiger partial charge in [0.25, 0.3) is 0 Å². The number of anilines is 1. The average Bonchev–Trinajstić information content (AvgIpc) is 2.86. The zero-order chi connectivity index (χ0) is 15.6. The number of nitrogens with zero attached hydrogens (tertiary/aromatic N) is 2. The molecule has 2 aromatic rings. The van der Waals surface area contributed by atoms with E-state index in [1.165, 1.54) is 0 Å². The SMILES string of the molecule is C=C(C)C(=O)OC(CC)c1nc2ccc(N(C)C)cc2[nH]1. The van der Waals surface area contributed by atoms with Gasteiger partial charge in [-0.2, -0.15) is 0 Å². The summed E-state index contributed by atoms with van der Waals surface area (Å²) in [5.74, 6) is 0.272. The number of carbonyl (C=O) groups excluding carboxylic acids is 1. The van der Waals surface area contributed by atoms with Gasteiger partial charge in [-0.25, -0.2) is 9.78 Å². The highest BCUT2D eigenvalue weighted by Crippen LogP contribution is 2.25. The van der Waals surface area contributed by atoms with E-state index in [0.29, 0.717) is 17.8 Å². The van der Waals surface area contributed by atoms with Gasteiger partial charge in [-0.3, -0.25) is 0 Å². The molecule has 0 radical (unpaired) electrons. The fraction of sp³-hybridized carbons (Fsp3) is 0.375. The molecule has 0 amide bonds. The predicted octanol–water partition coefficient (Wildman–Crippen LogP) is 3.20. The maximum absolute atomic E-state index is 11.7. The Labute approximate surface area is 124 Å². The van der Waals surface area contributed by atoms with Crippen molar-refractivity contribution in [3.8, 4) is 0 Å². The third kappa shape index (κ3) is 3.24. The largest absolute Gasteiger partial charge is 0.451 e. The van der Waals surface area contributed by atoms with Crippen molar-refractivity contribution >= 4 is 22.7 Å². The molecule has 0 bridgehead atoms. The summed E-state index contributed by atoms with van der Waals surface area (Å²) in [4.78, 5) is 21.5. The second kappa shape index (κ2) is 5.99. The second-order valence-corrected chi connectivity index (χ2v) is 5.30. The number of fused-ring (bicyclic) bond motifs is 1. The Bertz CT molecular complexity index is 673. The molecular formula is C16H21N3O2. The van der Waals surface area contributed by atoms with E-state index in [4.69, 9.17) is 4.74 Å². The first-order valence-electron chi connectivity index (χ1n) is 6.95. The maximum atomic E-state index is 11.7. The standard InChI is InChI=1S/C16H21N3O2/c1-6-14(21-16(20)10(2)3)15-17-12-8-7-11(19(4)5)9-13(12)18-15/h7-9,14H,2,6H2,1,3-5H3,(H,17,18). The molecule has 0 fully saturated rings. The number of hydrogen-bond acceptors (Lipinski definition) is 4. The van der Waals surface area contributed by atoms with Crippen LogP contribution in [0.1, 0.15) is 32.2 Å². The van der Waals surface area contributed by atoms with Crippen LogP contribution in [0.25, 0.3) is 11.0 Å². The van der Waals surface area contributed by atoms with Crippen LogP contribution in [0.15, 0.2) is 30.4 Å². The fourth-order valence-electron chi connectivity index (χ4n) is 2.01. The Kier molecular flexibility index (Phi) is 4.31. The summed E-state index contributed by atoms with van der Waals surface area (Å²) in [6, 6.07) is 5.99. The number of rotatable bonds is 5. The van der Waals surface area contributed by atoms with Crippen molar-refractivity contribution in [1.29, 1.82) is 0 Å². The van der Waals surface area contributed by atoms with Crippen LogP contribution >= 0.6 is 0 Å². The number of aromatic nitrogens is 2. The molecule has 21 heavy (non-hydrogen) atoms. The minimum absolute atomic E-state index is 0.385. The zero-order valence-corrected chi connectivity index (χ0v) is 12.9. The summed E-state index contributed by atoms with van der Waals surface area (Å²) in [7, 11) is 3.98. The van der Waals surface area contributed by atoms with Crippen molar-refractivity contribution < 1.29 is 9.53 Å². The third-order valence-electron chi connectivity index (χ3n) is 3.27. The van der Waals surface area contributed by atoms with Gasteiger partial charge in [0.05, 0.1) is 11.0 Å². The van der Waals surface area contributed by atoms with Gasteiger partial charge in [0.1, 0.15) is 5.82 Å². The molecule has 2 rings (SSSR count). The van der Waals surface area contributed by atoms with Gasteiger partial charge in [-0.05, 0) is 31.5 Å². The number of carbonyl (C=O) groups is 1. The number of nitrogens with one attached hydrogen (secondary N) is 1. The molecule has 1 atom stereocenters. The lowest BCUT2D eigenvalue weighted by molar-refractivity contribution is -0.145. The Morgan fingerprint density at radius 3 is 2.76 bits per heavy atom. The van der Waals surface area contributed by atoms with Crippen molar-refractivity contribution in [2.24, 2.45) is 0 Å². The van der Waals surface area contributed by atoms with Crippen molar-refractivity contribution in [3.63, 3.8) is 0 Å². The lowest BCUT2D eigenvalue weighted by Gasteiger charge is -2.13. The monoisotopic (exact) mass is 287 g/mol. The highest BCUT2D eigenvalue weighted by molar-refractivity contribution is 5.87. The predicted molar refractivity (Wildman–Crippen MR) is 84.4 cm³/mol. The molecule has 0 aliphatic rings. The number of aromatic amines is 1. The first kappa shape index (κ1) is 15.1. The van der Waals surface area contributed by atoms with Crippen LogP contribution in [-0.2, 0) is 9.53 Å². The van der Waals surface area contributed by atoms with E-state index < -0.39 is 5.97 Å². The highest BCUT2D eigenvalue weighted by Gasteiger charge is 2.19. The van der Waals surface area contributed by atoms with Crippen LogP contribution in [0.4, 0.5) is 5.69 Å². The smallest absolute Gasteiger partial charge is 0.333 e. The normalized spacial score (nSPS) is 12.2. The van der Waals surface area contributed by atoms with E-state index in [-0.39, 0.29) is 6.10 Å². The van der Waals surface area contributed by atoms with Crippen LogP contribution in [-0.4, -0.2) is 30.0 Å². The molecule has 1 heterocycles. The van der Waals surface area contributed by atoms with Crippen LogP contribution < -0.4 is 4.90 Å². The van der Waals surface area contributed by atoms with Crippen LogP contribution in [0.2, 0.25) is 0 Å². The molecular weight excluding hydrogens is 266 g/mol. The van der Waals surface area contributed by atoms with Crippen LogP contribution in [0.3, 0.4) is 0 Å². The Balaban J connectivity index is 2.32. The highest BCUT2D eigenvalue weighted by atomic mass is 16.5. The molecule has 1 N–H and O–H groups in total. The minimum atomic E-state index is -0.392. The van der Waals surface area contributed by atoms with Crippen molar-refractivity contribution in [2.45, 2.75) is 26.4 Å². The van der Waals surface area contributed by atoms with E-state index in [1.807, 2.05) is 44.1 Å². The quantitative estimate of drug-likeness (QED) is 0.677.